The quantitative estimate of drug-likeness (QED) is 0.719. The van der Waals surface area contributed by atoms with E-state index in [9.17, 15) is 14.4 Å². The van der Waals surface area contributed by atoms with E-state index in [2.05, 4.69) is 17.2 Å². The van der Waals surface area contributed by atoms with Crippen LogP contribution in [0, 0.1) is 0 Å². The van der Waals surface area contributed by atoms with Crippen LogP contribution in [0.1, 0.15) is 13.3 Å². The summed E-state index contributed by atoms with van der Waals surface area (Å²) in [6.45, 7) is 5.39. The van der Waals surface area contributed by atoms with Crippen LogP contribution in [0.3, 0.4) is 0 Å². The summed E-state index contributed by atoms with van der Waals surface area (Å²) in [6, 6.07) is 3.05. The average Bonchev–Trinajstić information content (AvgIpc) is 2.34. The highest BCUT2D eigenvalue weighted by Crippen LogP contribution is 1.97. The summed E-state index contributed by atoms with van der Waals surface area (Å²) in [4.78, 5) is 33.7. The topological polar surface area (TPSA) is 80.2 Å². The maximum Gasteiger partial charge on any atom is 0.274 e. The number of aromatic nitrogens is 1. The smallest absolute Gasteiger partial charge is 0.274 e. The molecule has 2 N–H and O–H groups in total. The van der Waals surface area contributed by atoms with Gasteiger partial charge in [0.1, 0.15) is 12.2 Å². The highest BCUT2D eigenvalue weighted by atomic mass is 16.2. The number of pyridine rings is 1. The van der Waals surface area contributed by atoms with Crippen LogP contribution in [0.5, 0.6) is 0 Å². The summed E-state index contributed by atoms with van der Waals surface area (Å²) in [5.74, 6) is -0.327. The summed E-state index contributed by atoms with van der Waals surface area (Å²) in [5, 5.41) is 4.85. The molecule has 1 rings (SSSR count). The number of hydrogen-bond acceptors (Lipinski definition) is 3. The number of nitrogens with one attached hydrogen (secondary N) is 2. The number of carbonyl (C=O) groups excluding carboxylic acids is 2. The van der Waals surface area contributed by atoms with Crippen molar-refractivity contribution in [3.63, 3.8) is 0 Å². The minimum Gasteiger partial charge on any atom is -0.329 e. The van der Waals surface area contributed by atoms with Crippen molar-refractivity contribution in [1.29, 1.82) is 0 Å². The minimum absolute atomic E-state index is 0.119. The lowest BCUT2D eigenvalue weighted by Gasteiger charge is -2.09. The van der Waals surface area contributed by atoms with Crippen LogP contribution in [0.25, 0.3) is 0 Å². The fraction of sp³-hybridized carbons (Fsp3) is 0.250. The summed E-state index contributed by atoms with van der Waals surface area (Å²) in [6.07, 6.45) is 2.53. The van der Waals surface area contributed by atoms with Crippen LogP contribution >= 0.6 is 0 Å². The Bertz CT molecular complexity index is 520. The molecule has 0 fully saturated rings. The van der Waals surface area contributed by atoms with Crippen molar-refractivity contribution in [2.45, 2.75) is 19.9 Å². The normalized spacial score (nSPS) is 9.61. The second-order valence-electron chi connectivity index (χ2n) is 3.62. The van der Waals surface area contributed by atoms with E-state index in [4.69, 9.17) is 0 Å². The van der Waals surface area contributed by atoms with Gasteiger partial charge < -0.3 is 15.2 Å². The molecule has 0 saturated carbocycles. The number of anilines is 1. The minimum atomic E-state index is -0.429. The van der Waals surface area contributed by atoms with Crippen LogP contribution in [0.4, 0.5) is 5.69 Å². The second kappa shape index (κ2) is 6.39. The predicted octanol–water partition coefficient (Wildman–Crippen LogP) is 0.457. The molecule has 0 aliphatic carbocycles. The Labute approximate surface area is 104 Å². The Morgan fingerprint density at radius 1 is 1.56 bits per heavy atom. The summed E-state index contributed by atoms with van der Waals surface area (Å²) in [5.41, 5.74) is 0.298. The molecule has 0 bridgehead atoms. The first kappa shape index (κ1) is 13.7. The van der Waals surface area contributed by atoms with Crippen molar-refractivity contribution in [1.82, 2.24) is 9.88 Å². The molecule has 96 valence electrons. The van der Waals surface area contributed by atoms with Crippen LogP contribution in [0.2, 0.25) is 0 Å². The van der Waals surface area contributed by atoms with Gasteiger partial charge in [-0.25, -0.2) is 0 Å². The Balaban J connectivity index is 2.82. The van der Waals surface area contributed by atoms with Gasteiger partial charge >= 0.3 is 0 Å². The van der Waals surface area contributed by atoms with E-state index in [1.165, 1.54) is 16.8 Å². The van der Waals surface area contributed by atoms with Crippen molar-refractivity contribution >= 4 is 18.0 Å². The van der Waals surface area contributed by atoms with Gasteiger partial charge in [-0.3, -0.25) is 14.4 Å². The van der Waals surface area contributed by atoms with E-state index < -0.39 is 5.56 Å². The SMILES string of the molecule is C=C(CC)NC(=O)Cn1cccc(NC=O)c1=O. The van der Waals surface area contributed by atoms with Gasteiger partial charge in [0.05, 0.1) is 0 Å². The van der Waals surface area contributed by atoms with Crippen LogP contribution in [0.15, 0.2) is 35.4 Å². The maximum atomic E-state index is 11.8. The molecule has 0 aliphatic rings. The van der Waals surface area contributed by atoms with Gasteiger partial charge in [0.25, 0.3) is 5.56 Å². The number of amides is 2. The first-order valence-corrected chi connectivity index (χ1v) is 5.45. The van der Waals surface area contributed by atoms with E-state index in [0.29, 0.717) is 18.5 Å². The van der Waals surface area contributed by atoms with E-state index in [1.807, 2.05) is 6.92 Å². The zero-order valence-corrected chi connectivity index (χ0v) is 10.1. The lowest BCUT2D eigenvalue weighted by molar-refractivity contribution is -0.121. The first-order valence-electron chi connectivity index (χ1n) is 5.45. The van der Waals surface area contributed by atoms with Gasteiger partial charge in [0.2, 0.25) is 12.3 Å². The number of allylic oxidation sites excluding steroid dienone is 1. The van der Waals surface area contributed by atoms with Crippen LogP contribution in [-0.4, -0.2) is 16.9 Å². The van der Waals surface area contributed by atoms with Crippen LogP contribution < -0.4 is 16.2 Å². The van der Waals surface area contributed by atoms with Gasteiger partial charge in [-0.1, -0.05) is 13.5 Å². The van der Waals surface area contributed by atoms with Gasteiger partial charge in [-0.05, 0) is 18.6 Å². The molecule has 0 aromatic carbocycles. The molecule has 0 radical (unpaired) electrons. The monoisotopic (exact) mass is 249 g/mol. The summed E-state index contributed by atoms with van der Waals surface area (Å²) in [7, 11) is 0. The van der Waals surface area contributed by atoms with E-state index in [-0.39, 0.29) is 18.1 Å². The molecular formula is C12H15N3O3. The number of nitrogens with zero attached hydrogens (tertiary/aromatic N) is 1. The van der Waals surface area contributed by atoms with Crippen molar-refractivity contribution in [3.8, 4) is 0 Å². The molecule has 1 aromatic rings. The van der Waals surface area contributed by atoms with Gasteiger partial charge in [-0.2, -0.15) is 0 Å². The summed E-state index contributed by atoms with van der Waals surface area (Å²) >= 11 is 0. The lowest BCUT2D eigenvalue weighted by Crippen LogP contribution is -2.32. The Hall–Kier alpha value is -2.37. The standard InChI is InChI=1S/C12H15N3O3/c1-3-9(2)14-11(17)7-15-6-4-5-10(12(15)18)13-8-16/h4-6,8H,2-3,7H2,1H3,(H,13,16)(H,14,17). The van der Waals surface area contributed by atoms with E-state index in [1.54, 1.807) is 6.07 Å². The fourth-order valence-corrected chi connectivity index (χ4v) is 1.31. The van der Waals surface area contributed by atoms with Crippen molar-refractivity contribution in [3.05, 3.63) is 41.0 Å². The molecule has 6 nitrogen and oxygen atoms in total. The number of hydrogen-bond donors (Lipinski definition) is 2. The predicted molar refractivity (Wildman–Crippen MR) is 68.0 cm³/mol. The average molecular weight is 249 g/mol. The fourth-order valence-electron chi connectivity index (χ4n) is 1.31. The third-order valence-electron chi connectivity index (χ3n) is 2.29. The van der Waals surface area contributed by atoms with E-state index >= 15 is 0 Å². The van der Waals surface area contributed by atoms with Crippen molar-refractivity contribution in [2.24, 2.45) is 0 Å². The lowest BCUT2D eigenvalue weighted by atomic mass is 10.3. The Morgan fingerprint density at radius 3 is 2.89 bits per heavy atom. The molecule has 1 aromatic heterocycles. The molecule has 0 spiro atoms. The molecular weight excluding hydrogens is 234 g/mol. The molecule has 0 aliphatic heterocycles. The van der Waals surface area contributed by atoms with Gasteiger partial charge in [0.15, 0.2) is 0 Å². The first-order chi connectivity index (χ1) is 8.58. The summed E-state index contributed by atoms with van der Waals surface area (Å²) < 4.78 is 1.21. The molecule has 0 unspecified atom stereocenters. The zero-order valence-electron chi connectivity index (χ0n) is 10.1. The maximum absolute atomic E-state index is 11.8. The third-order valence-corrected chi connectivity index (χ3v) is 2.29. The van der Waals surface area contributed by atoms with Crippen LogP contribution in [-0.2, 0) is 16.1 Å². The highest BCUT2D eigenvalue weighted by molar-refractivity contribution is 5.77. The Morgan fingerprint density at radius 2 is 2.28 bits per heavy atom. The van der Waals surface area contributed by atoms with Crippen molar-refractivity contribution in [2.75, 3.05) is 5.32 Å². The number of rotatable bonds is 6. The van der Waals surface area contributed by atoms with Crippen molar-refractivity contribution < 1.29 is 9.59 Å². The molecule has 2 amide bonds. The highest BCUT2D eigenvalue weighted by Gasteiger charge is 2.07. The van der Waals surface area contributed by atoms with E-state index in [0.717, 1.165) is 0 Å². The molecule has 0 atom stereocenters. The molecule has 1 heterocycles. The van der Waals surface area contributed by atoms with Gasteiger partial charge in [0, 0.05) is 11.9 Å². The third kappa shape index (κ3) is 3.58. The zero-order chi connectivity index (χ0) is 13.5. The Kier molecular flexibility index (Phi) is 4.86. The molecule has 18 heavy (non-hydrogen) atoms. The number of carbonyl (C=O) groups is 2. The van der Waals surface area contributed by atoms with Gasteiger partial charge in [-0.15, -0.1) is 0 Å². The molecule has 0 saturated heterocycles. The second-order valence-corrected chi connectivity index (χ2v) is 3.62. The molecule has 6 heteroatoms. The largest absolute Gasteiger partial charge is 0.329 e.